The Kier molecular flexibility index (Phi) is 17.5. The molecule has 0 saturated heterocycles. The molecule has 0 fully saturated rings. The number of aromatic nitrogens is 1. The molecule has 1 unspecified atom stereocenters. The number of hydrogen-bond donors (Lipinski definition) is 4. The van der Waals surface area contributed by atoms with Gasteiger partial charge in [0.15, 0.2) is 0 Å². The molecular formula is C41H57N7O6S2. The van der Waals surface area contributed by atoms with E-state index in [1.807, 2.05) is 60.7 Å². The second-order valence-electron chi connectivity index (χ2n) is 15.2. The molecule has 4 N–H and O–H groups in total. The Morgan fingerprint density at radius 1 is 0.875 bits per heavy atom. The summed E-state index contributed by atoms with van der Waals surface area (Å²) in [5, 5.41) is 12.9. The molecule has 0 aliphatic carbocycles. The first-order chi connectivity index (χ1) is 26.7. The van der Waals surface area contributed by atoms with Crippen LogP contribution in [0.15, 0.2) is 77.4 Å². The van der Waals surface area contributed by atoms with Crippen molar-refractivity contribution in [2.45, 2.75) is 103 Å². The predicted octanol–water partition coefficient (Wildman–Crippen LogP) is 6.58. The number of carbonyl (C=O) groups excluding carboxylic acids is 4. The summed E-state index contributed by atoms with van der Waals surface area (Å²) in [7, 11) is 1.69. The molecule has 5 amide bonds. The van der Waals surface area contributed by atoms with Gasteiger partial charge in [-0.1, -0.05) is 74.5 Å². The van der Waals surface area contributed by atoms with Gasteiger partial charge in [0.25, 0.3) is 0 Å². The average molecular weight is 808 g/mol. The average Bonchev–Trinajstić information content (AvgIpc) is 3.85. The maximum atomic E-state index is 14.2. The van der Waals surface area contributed by atoms with Gasteiger partial charge in [0.05, 0.1) is 21.5 Å². The van der Waals surface area contributed by atoms with Gasteiger partial charge in [-0.15, -0.1) is 23.1 Å². The lowest BCUT2D eigenvalue weighted by atomic mass is 9.95. The standard InChI is InChI=1S/C41H57N7O6S2/c1-28(2)37-45-33(26-55-37)24-48(6)38(50)47-35(19-20-43-39(51)54-41(3,4)5)36(49)44-31(21-29-13-9-7-10-14-29)17-18-32(22-30-15-11-8-12-16-30)46-40(52)53-25-34-23-42-27-56-34/h7-16,23,27-28,31-33,35H,17-22,24-26H2,1-6H3,(H,43,51)(H,44,49)(H,46,52)(H,47,50)/t31-,32-,33?,35+/m1/s1. The van der Waals surface area contributed by atoms with E-state index in [0.717, 1.165) is 26.8 Å². The van der Waals surface area contributed by atoms with E-state index in [1.165, 1.54) is 11.3 Å². The summed E-state index contributed by atoms with van der Waals surface area (Å²) in [6, 6.07) is 17.7. The minimum Gasteiger partial charge on any atom is -0.444 e. The minimum absolute atomic E-state index is 0.0352. The Morgan fingerprint density at radius 2 is 1.50 bits per heavy atom. The van der Waals surface area contributed by atoms with E-state index in [4.69, 9.17) is 14.5 Å². The fourth-order valence-corrected chi connectivity index (χ4v) is 7.62. The van der Waals surface area contributed by atoms with Crippen molar-refractivity contribution in [2.24, 2.45) is 10.9 Å². The third-order valence-corrected chi connectivity index (χ3v) is 11.0. The maximum Gasteiger partial charge on any atom is 0.407 e. The van der Waals surface area contributed by atoms with Gasteiger partial charge in [-0.3, -0.25) is 14.8 Å². The van der Waals surface area contributed by atoms with Gasteiger partial charge in [0.2, 0.25) is 5.91 Å². The molecule has 13 nitrogen and oxygen atoms in total. The number of benzene rings is 2. The molecule has 3 aromatic rings. The van der Waals surface area contributed by atoms with Crippen molar-refractivity contribution in [3.05, 3.63) is 88.4 Å². The largest absolute Gasteiger partial charge is 0.444 e. The zero-order chi connectivity index (χ0) is 40.5. The molecule has 2 aromatic carbocycles. The Balaban J connectivity index is 1.48. The van der Waals surface area contributed by atoms with Crippen molar-refractivity contribution in [2.75, 3.05) is 25.9 Å². The molecule has 15 heteroatoms. The number of rotatable bonds is 19. The molecule has 0 saturated carbocycles. The van der Waals surface area contributed by atoms with E-state index in [2.05, 4.69) is 40.1 Å². The van der Waals surface area contributed by atoms with Crippen LogP contribution in [0.25, 0.3) is 0 Å². The van der Waals surface area contributed by atoms with Crippen LogP contribution in [0, 0.1) is 5.92 Å². The van der Waals surface area contributed by atoms with E-state index in [1.54, 1.807) is 56.2 Å². The maximum absolute atomic E-state index is 14.2. The van der Waals surface area contributed by atoms with Crippen LogP contribution < -0.4 is 21.3 Å². The molecule has 4 rings (SSSR count). The van der Waals surface area contributed by atoms with Crippen LogP contribution >= 0.6 is 23.1 Å². The predicted molar refractivity (Wildman–Crippen MR) is 223 cm³/mol. The summed E-state index contributed by atoms with van der Waals surface area (Å²) in [4.78, 5) is 64.4. The van der Waals surface area contributed by atoms with E-state index < -0.39 is 29.9 Å². The molecule has 56 heavy (non-hydrogen) atoms. The fraction of sp³-hybridized carbons (Fsp3) is 0.512. The first-order valence-corrected chi connectivity index (χ1v) is 21.0. The number of ether oxygens (including phenoxy) is 2. The molecular weight excluding hydrogens is 751 g/mol. The van der Waals surface area contributed by atoms with Gasteiger partial charge in [0.1, 0.15) is 18.2 Å². The molecule has 1 aromatic heterocycles. The quantitative estimate of drug-likeness (QED) is 0.106. The van der Waals surface area contributed by atoms with E-state index >= 15 is 0 Å². The second kappa shape index (κ2) is 22.2. The number of thioether (sulfide) groups is 1. The highest BCUT2D eigenvalue weighted by Gasteiger charge is 2.28. The normalized spacial score (nSPS) is 15.6. The van der Waals surface area contributed by atoms with E-state index in [-0.39, 0.29) is 43.6 Å². The lowest BCUT2D eigenvalue weighted by molar-refractivity contribution is -0.123. The van der Waals surface area contributed by atoms with Gasteiger partial charge in [-0.2, -0.15) is 0 Å². The first-order valence-electron chi connectivity index (χ1n) is 19.1. The van der Waals surface area contributed by atoms with Crippen LogP contribution in [0.2, 0.25) is 0 Å². The monoisotopic (exact) mass is 807 g/mol. The van der Waals surface area contributed by atoms with Crippen molar-refractivity contribution < 1.29 is 28.7 Å². The van der Waals surface area contributed by atoms with Crippen LogP contribution in [0.1, 0.15) is 69.9 Å². The lowest BCUT2D eigenvalue weighted by Gasteiger charge is -2.28. The molecule has 0 bridgehead atoms. The Morgan fingerprint density at radius 3 is 2.05 bits per heavy atom. The third kappa shape index (κ3) is 16.2. The number of aliphatic imine (C=N–C) groups is 1. The SMILES string of the molecule is CC(C)C1=NC(CN(C)C(=O)N[C@@H](CCNC(=O)OC(C)(C)C)C(=O)N[C@H](CC[C@H](Cc2ccccc2)NC(=O)OCc2cncs2)Cc2ccccc2)CS1. The second-order valence-corrected chi connectivity index (χ2v) is 17.2. The molecule has 0 radical (unpaired) electrons. The summed E-state index contributed by atoms with van der Waals surface area (Å²) >= 11 is 3.12. The molecule has 1 aliphatic heterocycles. The van der Waals surface area contributed by atoms with Gasteiger partial charge in [-0.25, -0.2) is 14.4 Å². The molecule has 304 valence electrons. The lowest BCUT2D eigenvalue weighted by Crippen LogP contribution is -2.54. The van der Waals surface area contributed by atoms with Gasteiger partial charge in [0, 0.05) is 50.1 Å². The Bertz CT molecular complexity index is 1700. The highest BCUT2D eigenvalue weighted by molar-refractivity contribution is 8.14. The van der Waals surface area contributed by atoms with E-state index in [9.17, 15) is 19.2 Å². The summed E-state index contributed by atoms with van der Waals surface area (Å²) in [6.45, 7) is 10.1. The zero-order valence-electron chi connectivity index (χ0n) is 33.3. The number of nitrogens with zero attached hydrogens (tertiary/aromatic N) is 3. The topological polar surface area (TPSA) is 163 Å². The van der Waals surface area contributed by atoms with Crippen molar-refractivity contribution in [1.29, 1.82) is 0 Å². The smallest absolute Gasteiger partial charge is 0.407 e. The zero-order valence-corrected chi connectivity index (χ0v) is 34.9. The highest BCUT2D eigenvalue weighted by atomic mass is 32.2. The molecule has 1 aliphatic rings. The van der Waals surface area contributed by atoms with Gasteiger partial charge >= 0.3 is 18.2 Å². The summed E-state index contributed by atoms with van der Waals surface area (Å²) < 4.78 is 10.9. The Hall–Kier alpha value is -4.63. The van der Waals surface area contributed by atoms with Gasteiger partial charge < -0.3 is 35.6 Å². The van der Waals surface area contributed by atoms with Crippen molar-refractivity contribution in [3.63, 3.8) is 0 Å². The molecule has 2 heterocycles. The summed E-state index contributed by atoms with van der Waals surface area (Å²) in [6.07, 6.45) is 2.78. The van der Waals surface area contributed by atoms with Crippen molar-refractivity contribution in [3.8, 4) is 0 Å². The van der Waals surface area contributed by atoms with Gasteiger partial charge in [-0.05, 0) is 64.0 Å². The molecule has 4 atom stereocenters. The third-order valence-electron chi connectivity index (χ3n) is 8.78. The number of amides is 5. The number of likely N-dealkylation sites (N-methyl/N-ethyl adjacent to an activating group) is 1. The van der Waals surface area contributed by atoms with Crippen molar-refractivity contribution >= 4 is 52.3 Å². The van der Waals surface area contributed by atoms with Crippen LogP contribution in [-0.2, 0) is 33.7 Å². The number of alkyl carbamates (subject to hydrolysis) is 2. The summed E-state index contributed by atoms with van der Waals surface area (Å²) in [5.41, 5.74) is 3.08. The summed E-state index contributed by atoms with van der Waals surface area (Å²) in [5.74, 6) is 0.734. The van der Waals surface area contributed by atoms with E-state index in [0.29, 0.717) is 38.1 Å². The first kappa shape index (κ1) is 44.1. The number of nitrogens with one attached hydrogen (secondary N) is 4. The fourth-order valence-electron chi connectivity index (χ4n) is 6.02. The highest BCUT2D eigenvalue weighted by Crippen LogP contribution is 2.23. The van der Waals surface area contributed by atoms with Crippen LogP contribution in [0.3, 0.4) is 0 Å². The van der Waals surface area contributed by atoms with Crippen molar-refractivity contribution in [1.82, 2.24) is 31.2 Å². The number of carbonyl (C=O) groups is 4. The number of thiazole rings is 1. The number of urea groups is 1. The Labute approximate surface area is 339 Å². The number of hydrogen-bond acceptors (Lipinski definition) is 10. The van der Waals surface area contributed by atoms with Crippen LogP contribution in [-0.4, -0.2) is 94.7 Å². The molecule has 0 spiro atoms. The van der Waals surface area contributed by atoms with Crippen LogP contribution in [0.4, 0.5) is 14.4 Å². The van der Waals surface area contributed by atoms with Crippen LogP contribution in [0.5, 0.6) is 0 Å². The minimum atomic E-state index is -0.967.